The number of carbonyl (C=O) groups excluding carboxylic acids is 1. The summed E-state index contributed by atoms with van der Waals surface area (Å²) < 4.78 is 47.6. The number of aromatic amines is 1. The highest BCUT2D eigenvalue weighted by molar-refractivity contribution is 6.04. The molecule has 12 heteroatoms. The van der Waals surface area contributed by atoms with Crippen LogP contribution in [0.3, 0.4) is 0 Å². The summed E-state index contributed by atoms with van der Waals surface area (Å²) in [5.74, 6) is -1.23. The van der Waals surface area contributed by atoms with E-state index >= 15 is 0 Å². The molecule has 0 spiro atoms. The first-order chi connectivity index (χ1) is 16.2. The number of pyridine rings is 2. The van der Waals surface area contributed by atoms with Gasteiger partial charge in [0.15, 0.2) is 11.4 Å². The Hall–Kier alpha value is -4.61. The third-order valence-electron chi connectivity index (χ3n) is 5.07. The number of aromatic nitrogens is 4. The fourth-order valence-corrected chi connectivity index (χ4v) is 3.57. The van der Waals surface area contributed by atoms with Crippen molar-refractivity contribution in [3.8, 4) is 0 Å². The molecule has 34 heavy (non-hydrogen) atoms. The number of amides is 1. The fourth-order valence-electron chi connectivity index (χ4n) is 3.57. The van der Waals surface area contributed by atoms with E-state index in [-0.39, 0.29) is 12.2 Å². The van der Waals surface area contributed by atoms with Crippen molar-refractivity contribution in [1.82, 2.24) is 19.2 Å². The van der Waals surface area contributed by atoms with Crippen LogP contribution in [0.5, 0.6) is 0 Å². The molecule has 2 N–H and O–H groups in total. The number of nitrogens with one attached hydrogen (secondary N) is 2. The second kappa shape index (κ2) is 7.76. The lowest BCUT2D eigenvalue weighted by atomic mass is 10.1. The maximum Gasteiger partial charge on any atom is 0.417 e. The van der Waals surface area contributed by atoms with E-state index in [1.165, 1.54) is 9.08 Å². The van der Waals surface area contributed by atoms with Crippen LogP contribution in [0.4, 0.5) is 18.9 Å². The zero-order chi connectivity index (χ0) is 24.0. The second-order valence-electron chi connectivity index (χ2n) is 7.42. The number of nitrogens with zero attached hydrogens (tertiary/aromatic N) is 3. The smallest absolute Gasteiger partial charge is 0.417 e. The molecule has 0 fully saturated rings. The first-order valence-electron chi connectivity index (χ1n) is 9.87. The molecule has 0 aliphatic carbocycles. The van der Waals surface area contributed by atoms with Gasteiger partial charge in [0.25, 0.3) is 11.5 Å². The Bertz CT molecular complexity index is 1680. The minimum atomic E-state index is -4.80. The van der Waals surface area contributed by atoms with Gasteiger partial charge in [0, 0.05) is 18.0 Å². The van der Waals surface area contributed by atoms with Crippen molar-refractivity contribution in [2.24, 2.45) is 0 Å². The molecule has 1 amide bonds. The summed E-state index contributed by atoms with van der Waals surface area (Å²) in [5.41, 5.74) is -1.53. The highest BCUT2D eigenvalue weighted by Gasteiger charge is 2.34. The van der Waals surface area contributed by atoms with E-state index in [9.17, 15) is 27.6 Å². The Morgan fingerprint density at radius 1 is 1.09 bits per heavy atom. The maximum absolute atomic E-state index is 13.2. The summed E-state index contributed by atoms with van der Waals surface area (Å²) >= 11 is 0. The molecule has 4 aromatic heterocycles. The van der Waals surface area contributed by atoms with Crippen LogP contribution in [0.1, 0.15) is 21.7 Å². The molecule has 0 atom stereocenters. The van der Waals surface area contributed by atoms with Crippen molar-refractivity contribution >= 4 is 28.3 Å². The number of benzene rings is 1. The SMILES string of the molecule is O=C(Nc1cccc(Cn2nc3ccccn3c2=O)c1)c1cc2c(C(F)(F)F)cc(=O)[nH]c2o1. The van der Waals surface area contributed by atoms with Gasteiger partial charge in [-0.2, -0.15) is 13.2 Å². The van der Waals surface area contributed by atoms with E-state index in [4.69, 9.17) is 4.42 Å². The number of anilines is 1. The van der Waals surface area contributed by atoms with Crippen LogP contribution in [0.15, 0.2) is 74.8 Å². The zero-order valence-corrected chi connectivity index (χ0v) is 17.1. The Kier molecular flexibility index (Phi) is 4.85. The van der Waals surface area contributed by atoms with E-state index < -0.39 is 40.1 Å². The van der Waals surface area contributed by atoms with Crippen LogP contribution in [0, 0.1) is 0 Å². The number of hydrogen-bond acceptors (Lipinski definition) is 5. The molecule has 0 saturated heterocycles. The summed E-state index contributed by atoms with van der Waals surface area (Å²) in [6.07, 6.45) is -3.20. The van der Waals surface area contributed by atoms with Crippen LogP contribution in [-0.4, -0.2) is 25.1 Å². The lowest BCUT2D eigenvalue weighted by Gasteiger charge is -2.06. The van der Waals surface area contributed by atoms with Crippen molar-refractivity contribution in [1.29, 1.82) is 0 Å². The number of halogens is 3. The van der Waals surface area contributed by atoms with Gasteiger partial charge < -0.3 is 9.73 Å². The normalized spacial score (nSPS) is 11.9. The summed E-state index contributed by atoms with van der Waals surface area (Å²) in [4.78, 5) is 38.8. The van der Waals surface area contributed by atoms with E-state index in [2.05, 4.69) is 15.4 Å². The molecular formula is C22H14F3N5O4. The fraction of sp³-hybridized carbons (Fsp3) is 0.0909. The van der Waals surface area contributed by atoms with Crippen molar-refractivity contribution in [2.45, 2.75) is 12.7 Å². The third kappa shape index (κ3) is 3.85. The minimum Gasteiger partial charge on any atom is -0.434 e. The van der Waals surface area contributed by atoms with Gasteiger partial charge in [-0.05, 0) is 35.9 Å². The largest absolute Gasteiger partial charge is 0.434 e. The molecule has 172 valence electrons. The van der Waals surface area contributed by atoms with E-state index in [1.807, 2.05) is 0 Å². The van der Waals surface area contributed by atoms with Crippen LogP contribution < -0.4 is 16.6 Å². The molecule has 9 nitrogen and oxygen atoms in total. The molecule has 0 aliphatic rings. The van der Waals surface area contributed by atoms with Gasteiger partial charge in [-0.15, -0.1) is 5.10 Å². The number of alkyl halides is 3. The number of hydrogen-bond donors (Lipinski definition) is 2. The Morgan fingerprint density at radius 2 is 1.91 bits per heavy atom. The molecule has 4 heterocycles. The standard InChI is InChI=1S/C22H14F3N5O4/c23-22(24,25)15-10-18(31)27-20-14(15)9-16(34-20)19(32)26-13-5-3-4-12(8-13)11-30-21(33)29-7-2-1-6-17(29)28-30/h1-10H,11H2,(H,26,32)(H,27,31). The lowest BCUT2D eigenvalue weighted by molar-refractivity contribution is -0.136. The highest BCUT2D eigenvalue weighted by Crippen LogP contribution is 2.34. The first kappa shape index (κ1) is 21.2. The predicted molar refractivity (Wildman–Crippen MR) is 115 cm³/mol. The summed E-state index contributed by atoms with van der Waals surface area (Å²) in [6, 6.07) is 13.0. The maximum atomic E-state index is 13.2. The predicted octanol–water partition coefficient (Wildman–Crippen LogP) is 3.25. The van der Waals surface area contributed by atoms with Crippen LogP contribution >= 0.6 is 0 Å². The van der Waals surface area contributed by atoms with Gasteiger partial charge in [0.1, 0.15) is 0 Å². The number of carbonyl (C=O) groups is 1. The number of furan rings is 1. The molecule has 0 bridgehead atoms. The van der Waals surface area contributed by atoms with E-state index in [0.717, 1.165) is 6.07 Å². The minimum absolute atomic E-state index is 0.130. The average molecular weight is 469 g/mol. The van der Waals surface area contributed by atoms with Crippen molar-refractivity contribution in [3.63, 3.8) is 0 Å². The van der Waals surface area contributed by atoms with Crippen LogP contribution in [0.25, 0.3) is 16.7 Å². The van der Waals surface area contributed by atoms with Crippen molar-refractivity contribution in [3.05, 3.63) is 98.5 Å². The summed E-state index contributed by atoms with van der Waals surface area (Å²) in [5, 5.41) is 6.36. The molecule has 0 saturated carbocycles. The Morgan fingerprint density at radius 3 is 2.68 bits per heavy atom. The molecular weight excluding hydrogens is 455 g/mol. The number of H-pyrrole nitrogens is 1. The molecule has 1 aromatic carbocycles. The molecule has 0 radical (unpaired) electrons. The third-order valence-corrected chi connectivity index (χ3v) is 5.07. The van der Waals surface area contributed by atoms with Crippen molar-refractivity contribution in [2.75, 3.05) is 5.32 Å². The van der Waals surface area contributed by atoms with E-state index in [0.29, 0.717) is 23.0 Å². The highest BCUT2D eigenvalue weighted by atomic mass is 19.4. The van der Waals surface area contributed by atoms with Gasteiger partial charge in [0.2, 0.25) is 5.71 Å². The Balaban J connectivity index is 1.41. The van der Waals surface area contributed by atoms with Gasteiger partial charge in [0.05, 0.1) is 17.5 Å². The Labute approximate surface area is 187 Å². The van der Waals surface area contributed by atoms with Gasteiger partial charge in [-0.25, -0.2) is 9.48 Å². The van der Waals surface area contributed by atoms with Gasteiger partial charge >= 0.3 is 11.9 Å². The zero-order valence-electron chi connectivity index (χ0n) is 17.1. The topological polar surface area (TPSA) is 114 Å². The molecule has 0 unspecified atom stereocenters. The molecule has 5 rings (SSSR count). The molecule has 0 aliphatic heterocycles. The van der Waals surface area contributed by atoms with Gasteiger partial charge in [-0.1, -0.05) is 18.2 Å². The first-order valence-corrected chi connectivity index (χ1v) is 9.87. The van der Waals surface area contributed by atoms with Crippen molar-refractivity contribution < 1.29 is 22.4 Å². The van der Waals surface area contributed by atoms with Crippen LogP contribution in [-0.2, 0) is 12.7 Å². The second-order valence-corrected chi connectivity index (χ2v) is 7.42. The monoisotopic (exact) mass is 469 g/mol. The van der Waals surface area contributed by atoms with Crippen LogP contribution in [0.2, 0.25) is 0 Å². The van der Waals surface area contributed by atoms with Gasteiger partial charge in [-0.3, -0.25) is 19.0 Å². The number of fused-ring (bicyclic) bond motifs is 2. The molecule has 5 aromatic rings. The summed E-state index contributed by atoms with van der Waals surface area (Å²) in [6.45, 7) is 0.130. The lowest BCUT2D eigenvalue weighted by Crippen LogP contribution is -2.21. The average Bonchev–Trinajstić information content (AvgIpc) is 3.34. The summed E-state index contributed by atoms with van der Waals surface area (Å²) in [7, 11) is 0. The quantitative estimate of drug-likeness (QED) is 0.420. The number of rotatable bonds is 4. The van der Waals surface area contributed by atoms with E-state index in [1.54, 1.807) is 48.7 Å².